The Morgan fingerprint density at radius 3 is 2.59 bits per heavy atom. The Balaban J connectivity index is 0.000000244. The van der Waals surface area contributed by atoms with E-state index in [1.54, 1.807) is 23.7 Å². The van der Waals surface area contributed by atoms with Crippen molar-refractivity contribution in [2.45, 2.75) is 46.5 Å². The summed E-state index contributed by atoms with van der Waals surface area (Å²) in [4.78, 5) is 18.4. The summed E-state index contributed by atoms with van der Waals surface area (Å²) in [7, 11) is 1.86. The number of aromatic nitrogens is 5. The minimum atomic E-state index is -0.162. The third kappa shape index (κ3) is 5.84. The second-order valence-electron chi connectivity index (χ2n) is 6.31. The molecule has 0 saturated carbocycles. The number of nitrogens with one attached hydrogen (secondary N) is 1. The van der Waals surface area contributed by atoms with Crippen molar-refractivity contribution in [2.24, 2.45) is 7.05 Å². The Hall–Kier alpha value is -2.83. The third-order valence-electron chi connectivity index (χ3n) is 4.11. The van der Waals surface area contributed by atoms with Crippen LogP contribution in [0.2, 0.25) is 0 Å². The average molecular weight is 371 g/mol. The Kier molecular flexibility index (Phi) is 7.40. The lowest BCUT2D eigenvalue weighted by atomic mass is 10.1. The summed E-state index contributed by atoms with van der Waals surface area (Å²) < 4.78 is 14.1. The van der Waals surface area contributed by atoms with Crippen molar-refractivity contribution >= 4 is 0 Å². The summed E-state index contributed by atoms with van der Waals surface area (Å²) in [6, 6.07) is 8.13. The van der Waals surface area contributed by atoms with Crippen LogP contribution in [0.5, 0.6) is 0 Å². The summed E-state index contributed by atoms with van der Waals surface area (Å²) in [6.45, 7) is 5.90. The van der Waals surface area contributed by atoms with Crippen molar-refractivity contribution in [3.8, 4) is 11.4 Å². The van der Waals surface area contributed by atoms with E-state index in [1.165, 1.54) is 12.1 Å². The molecule has 0 amide bonds. The van der Waals surface area contributed by atoms with E-state index < -0.39 is 0 Å². The van der Waals surface area contributed by atoms with Crippen LogP contribution in [0.4, 0.5) is 4.39 Å². The smallest absolute Gasteiger partial charge is 0.251 e. The van der Waals surface area contributed by atoms with E-state index in [0.717, 1.165) is 36.9 Å². The van der Waals surface area contributed by atoms with Gasteiger partial charge in [0.05, 0.1) is 5.69 Å². The van der Waals surface area contributed by atoms with Crippen LogP contribution in [0.1, 0.15) is 43.8 Å². The standard InChI is InChI=1S/C12H17N5O.C8H9F/c1-4-5-6-10-12(15-16-17(10)3)9-7-11(18)14-8(2)13-9;1-2-7-4-3-5-8(9)6-7/h7H,4-6H2,1-3H3,(H,13,14,18);3-6H,2H2,1H3. The molecule has 1 aromatic carbocycles. The first-order valence-electron chi connectivity index (χ1n) is 9.15. The van der Waals surface area contributed by atoms with E-state index in [0.29, 0.717) is 17.2 Å². The molecule has 3 aromatic rings. The molecular weight excluding hydrogens is 345 g/mol. The van der Waals surface area contributed by atoms with Gasteiger partial charge in [-0.1, -0.05) is 37.6 Å². The zero-order chi connectivity index (χ0) is 19.8. The van der Waals surface area contributed by atoms with E-state index in [-0.39, 0.29) is 11.4 Å². The van der Waals surface area contributed by atoms with Gasteiger partial charge in [0.1, 0.15) is 23.0 Å². The van der Waals surface area contributed by atoms with Crippen molar-refractivity contribution in [3.63, 3.8) is 0 Å². The normalized spacial score (nSPS) is 10.4. The van der Waals surface area contributed by atoms with E-state index in [1.807, 2.05) is 20.0 Å². The van der Waals surface area contributed by atoms with E-state index >= 15 is 0 Å². The Morgan fingerprint density at radius 1 is 1.22 bits per heavy atom. The van der Waals surface area contributed by atoms with Crippen molar-refractivity contribution < 1.29 is 4.39 Å². The molecule has 0 aliphatic rings. The van der Waals surface area contributed by atoms with Crippen LogP contribution in [0.3, 0.4) is 0 Å². The molecule has 0 bridgehead atoms. The number of hydrogen-bond donors (Lipinski definition) is 1. The Labute approximate surface area is 158 Å². The van der Waals surface area contributed by atoms with Crippen LogP contribution in [0.25, 0.3) is 11.4 Å². The van der Waals surface area contributed by atoms with Gasteiger partial charge in [-0.25, -0.2) is 9.37 Å². The van der Waals surface area contributed by atoms with Crippen molar-refractivity contribution in [1.82, 2.24) is 25.0 Å². The minimum Gasteiger partial charge on any atom is -0.311 e. The molecule has 6 nitrogen and oxygen atoms in total. The van der Waals surface area contributed by atoms with Crippen molar-refractivity contribution in [1.29, 1.82) is 0 Å². The lowest BCUT2D eigenvalue weighted by Gasteiger charge is -2.03. The predicted octanol–water partition coefficient (Wildman–Crippen LogP) is 3.60. The third-order valence-corrected chi connectivity index (χ3v) is 4.11. The average Bonchev–Trinajstić information content (AvgIpc) is 3.00. The molecule has 0 unspecified atom stereocenters. The Bertz CT molecular complexity index is 932. The van der Waals surface area contributed by atoms with Crippen LogP contribution in [0, 0.1) is 12.7 Å². The molecule has 3 rings (SSSR count). The van der Waals surface area contributed by atoms with Gasteiger partial charge in [-0.3, -0.25) is 9.48 Å². The number of H-pyrrole nitrogens is 1. The Morgan fingerprint density at radius 2 is 2.00 bits per heavy atom. The molecule has 0 radical (unpaired) electrons. The van der Waals surface area contributed by atoms with Crippen LogP contribution in [-0.2, 0) is 19.9 Å². The predicted molar refractivity (Wildman–Crippen MR) is 104 cm³/mol. The number of rotatable bonds is 5. The molecule has 0 atom stereocenters. The molecule has 0 fully saturated rings. The van der Waals surface area contributed by atoms with Crippen LogP contribution in [-0.4, -0.2) is 25.0 Å². The van der Waals surface area contributed by atoms with Gasteiger partial charge in [0, 0.05) is 13.1 Å². The molecule has 7 heteroatoms. The minimum absolute atomic E-state index is 0.144. The zero-order valence-electron chi connectivity index (χ0n) is 16.3. The fourth-order valence-electron chi connectivity index (χ4n) is 2.66. The second kappa shape index (κ2) is 9.75. The van der Waals surface area contributed by atoms with E-state index in [4.69, 9.17) is 0 Å². The maximum Gasteiger partial charge on any atom is 0.251 e. The fraction of sp³-hybridized carbons (Fsp3) is 0.400. The van der Waals surface area contributed by atoms with E-state index in [2.05, 4.69) is 27.2 Å². The first-order chi connectivity index (χ1) is 12.9. The number of hydrogen-bond acceptors (Lipinski definition) is 4. The maximum absolute atomic E-state index is 12.4. The van der Waals surface area contributed by atoms with Crippen molar-refractivity contribution in [2.75, 3.05) is 0 Å². The van der Waals surface area contributed by atoms with Crippen LogP contribution >= 0.6 is 0 Å². The first-order valence-corrected chi connectivity index (χ1v) is 9.15. The fourth-order valence-corrected chi connectivity index (χ4v) is 2.66. The largest absolute Gasteiger partial charge is 0.311 e. The highest BCUT2D eigenvalue weighted by atomic mass is 19.1. The van der Waals surface area contributed by atoms with Gasteiger partial charge in [0.2, 0.25) is 0 Å². The van der Waals surface area contributed by atoms with Crippen LogP contribution in [0.15, 0.2) is 35.1 Å². The lowest BCUT2D eigenvalue weighted by molar-refractivity contribution is 0.625. The number of nitrogens with zero attached hydrogens (tertiary/aromatic N) is 4. The first kappa shape index (κ1) is 20.5. The highest BCUT2D eigenvalue weighted by molar-refractivity contribution is 5.56. The van der Waals surface area contributed by atoms with Crippen LogP contribution < -0.4 is 5.56 Å². The zero-order valence-corrected chi connectivity index (χ0v) is 16.3. The van der Waals surface area contributed by atoms with Gasteiger partial charge in [0.15, 0.2) is 0 Å². The molecule has 0 saturated heterocycles. The van der Waals surface area contributed by atoms with E-state index in [9.17, 15) is 9.18 Å². The topological polar surface area (TPSA) is 76.5 Å². The van der Waals surface area contributed by atoms with Gasteiger partial charge in [-0.15, -0.1) is 5.10 Å². The molecule has 0 aliphatic carbocycles. The molecule has 1 N–H and O–H groups in total. The quantitative estimate of drug-likeness (QED) is 0.743. The molecule has 0 spiro atoms. The number of unbranched alkanes of at least 4 members (excludes halogenated alkanes) is 1. The van der Waals surface area contributed by atoms with Gasteiger partial charge < -0.3 is 4.98 Å². The lowest BCUT2D eigenvalue weighted by Crippen LogP contribution is -2.09. The number of benzene rings is 1. The highest BCUT2D eigenvalue weighted by Gasteiger charge is 2.14. The van der Waals surface area contributed by atoms with Gasteiger partial charge in [-0.2, -0.15) is 0 Å². The molecule has 2 heterocycles. The maximum atomic E-state index is 12.4. The summed E-state index contributed by atoms with van der Waals surface area (Å²) in [5, 5.41) is 8.14. The monoisotopic (exact) mass is 371 g/mol. The summed E-state index contributed by atoms with van der Waals surface area (Å²) in [6.07, 6.45) is 3.96. The SMILES string of the molecule is CCCCc1c(-c2cc(=O)[nH]c(C)n2)nnn1C.CCc1cccc(F)c1. The highest BCUT2D eigenvalue weighted by Crippen LogP contribution is 2.19. The van der Waals surface area contributed by atoms with Crippen molar-refractivity contribution in [3.05, 3.63) is 63.6 Å². The summed E-state index contributed by atoms with van der Waals surface area (Å²) in [5.74, 6) is 0.443. The second-order valence-corrected chi connectivity index (χ2v) is 6.31. The molecular formula is C20H26FN5O. The molecule has 0 aliphatic heterocycles. The molecule has 27 heavy (non-hydrogen) atoms. The number of aryl methyl sites for hydroxylation is 3. The summed E-state index contributed by atoms with van der Waals surface area (Å²) in [5.41, 5.74) is 3.21. The van der Waals surface area contributed by atoms with Gasteiger partial charge in [-0.05, 0) is 43.9 Å². The molecule has 2 aromatic heterocycles. The number of aromatic amines is 1. The molecule has 144 valence electrons. The van der Waals surface area contributed by atoms with Gasteiger partial charge >= 0.3 is 0 Å². The summed E-state index contributed by atoms with van der Waals surface area (Å²) >= 11 is 0. The van der Waals surface area contributed by atoms with Gasteiger partial charge in [0.25, 0.3) is 5.56 Å². The number of halogens is 1.